The molecule has 10 nitrogen and oxygen atoms in total. The molecule has 1 heterocycles. The molecule has 3 rings (SSSR count). The quantitative estimate of drug-likeness (QED) is 0.424. The largest absolute Gasteiger partial charge is 0.496 e. The molecule has 1 aromatic heterocycles. The van der Waals surface area contributed by atoms with Crippen molar-refractivity contribution in [3.63, 3.8) is 0 Å². The number of nitrogens with one attached hydrogen (secondary N) is 2. The first kappa shape index (κ1) is 25.1. The fraction of sp³-hybridized carbons (Fsp3) is 0.304. The summed E-state index contributed by atoms with van der Waals surface area (Å²) in [4.78, 5) is 17.2. The second-order valence-electron chi connectivity index (χ2n) is 7.30. The number of hydrogen-bond donors (Lipinski definition) is 2. The summed E-state index contributed by atoms with van der Waals surface area (Å²) in [7, 11) is 2.41. The number of ether oxygens (including phenoxy) is 3. The minimum atomic E-state index is -3.86. The molecule has 34 heavy (non-hydrogen) atoms. The number of rotatable bonds is 11. The van der Waals surface area contributed by atoms with Crippen molar-refractivity contribution in [1.82, 2.24) is 19.6 Å². The van der Waals surface area contributed by atoms with Gasteiger partial charge in [-0.05, 0) is 18.2 Å². The Morgan fingerprint density at radius 2 is 1.74 bits per heavy atom. The highest BCUT2D eigenvalue weighted by Gasteiger charge is 2.24. The second-order valence-corrected chi connectivity index (χ2v) is 9.07. The van der Waals surface area contributed by atoms with Gasteiger partial charge >= 0.3 is 0 Å². The number of carbonyl (C=O) groups excluding carboxylic acids is 1. The summed E-state index contributed by atoms with van der Waals surface area (Å²) < 4.78 is 45.3. The molecule has 0 aliphatic heterocycles. The van der Waals surface area contributed by atoms with Crippen LogP contribution < -0.4 is 24.2 Å². The van der Waals surface area contributed by atoms with Crippen molar-refractivity contribution in [2.24, 2.45) is 7.05 Å². The average Bonchev–Trinajstić information content (AvgIpc) is 3.27. The van der Waals surface area contributed by atoms with Crippen molar-refractivity contribution in [2.45, 2.75) is 17.4 Å². The van der Waals surface area contributed by atoms with E-state index in [0.29, 0.717) is 17.3 Å². The van der Waals surface area contributed by atoms with E-state index in [2.05, 4.69) is 15.0 Å². The van der Waals surface area contributed by atoms with E-state index in [1.54, 1.807) is 30.1 Å². The molecule has 0 aliphatic rings. The number of benzene rings is 2. The highest BCUT2D eigenvalue weighted by molar-refractivity contribution is 7.89. The van der Waals surface area contributed by atoms with Crippen molar-refractivity contribution in [3.05, 3.63) is 66.2 Å². The van der Waals surface area contributed by atoms with Gasteiger partial charge in [-0.25, -0.2) is 18.1 Å². The molecule has 0 radical (unpaired) electrons. The molecule has 0 saturated carbocycles. The molecular formula is C23H28N4O6S. The SMILES string of the molecule is COc1ccc(S(=O)(=O)NCCC(=O)NC(c2ccccc2OC)c2nccn2C)cc1OC. The first-order chi connectivity index (χ1) is 16.3. The summed E-state index contributed by atoms with van der Waals surface area (Å²) in [5.41, 5.74) is 0.735. The number of carbonyl (C=O) groups is 1. The fourth-order valence-electron chi connectivity index (χ4n) is 3.44. The molecule has 0 fully saturated rings. The Morgan fingerprint density at radius 1 is 1.03 bits per heavy atom. The van der Waals surface area contributed by atoms with Gasteiger partial charge in [0, 0.05) is 44.0 Å². The Kier molecular flexibility index (Phi) is 8.13. The zero-order valence-corrected chi connectivity index (χ0v) is 20.3. The van der Waals surface area contributed by atoms with Gasteiger partial charge in [0.15, 0.2) is 11.5 Å². The summed E-state index contributed by atoms with van der Waals surface area (Å²) in [5.74, 6) is 1.57. The van der Waals surface area contributed by atoms with Crippen LogP contribution in [0.1, 0.15) is 23.9 Å². The molecule has 0 aliphatic carbocycles. The fourth-order valence-corrected chi connectivity index (χ4v) is 4.49. The lowest BCUT2D eigenvalue weighted by molar-refractivity contribution is -0.121. The van der Waals surface area contributed by atoms with Gasteiger partial charge in [-0.1, -0.05) is 18.2 Å². The zero-order valence-electron chi connectivity index (χ0n) is 19.4. The first-order valence-electron chi connectivity index (χ1n) is 10.4. The minimum Gasteiger partial charge on any atom is -0.496 e. The average molecular weight is 489 g/mol. The molecule has 0 spiro atoms. The van der Waals surface area contributed by atoms with Gasteiger partial charge in [-0.2, -0.15) is 0 Å². The molecule has 1 unspecified atom stereocenters. The lowest BCUT2D eigenvalue weighted by Crippen LogP contribution is -2.34. The number of hydrogen-bond acceptors (Lipinski definition) is 7. The maximum atomic E-state index is 12.8. The van der Waals surface area contributed by atoms with E-state index < -0.39 is 16.1 Å². The topological polar surface area (TPSA) is 121 Å². The number of amides is 1. The standard InChI is InChI=1S/C23H28N4O6S/c1-27-14-13-24-23(27)22(17-7-5-6-8-18(17)31-2)26-21(28)11-12-25-34(29,30)16-9-10-19(32-3)20(15-16)33-4/h5-10,13-15,22,25H,11-12H2,1-4H3,(H,26,28). The van der Waals surface area contributed by atoms with E-state index in [9.17, 15) is 13.2 Å². The third-order valence-electron chi connectivity index (χ3n) is 5.18. The van der Waals surface area contributed by atoms with E-state index in [4.69, 9.17) is 14.2 Å². The summed E-state index contributed by atoms with van der Waals surface area (Å²) in [6, 6.07) is 11.0. The van der Waals surface area contributed by atoms with Crippen LogP contribution in [0.25, 0.3) is 0 Å². The van der Waals surface area contributed by atoms with Crippen LogP contribution in [0.2, 0.25) is 0 Å². The van der Waals surface area contributed by atoms with Gasteiger partial charge < -0.3 is 24.1 Å². The Bertz CT molecular complexity index is 1240. The number of sulfonamides is 1. The first-order valence-corrected chi connectivity index (χ1v) is 11.9. The normalized spacial score (nSPS) is 12.1. The lowest BCUT2D eigenvalue weighted by atomic mass is 10.0. The van der Waals surface area contributed by atoms with Crippen LogP contribution in [0.15, 0.2) is 59.8 Å². The molecule has 2 N–H and O–H groups in total. The van der Waals surface area contributed by atoms with Crippen LogP contribution in [0.5, 0.6) is 17.2 Å². The van der Waals surface area contributed by atoms with Crippen LogP contribution in [-0.2, 0) is 21.9 Å². The monoisotopic (exact) mass is 488 g/mol. The third kappa shape index (κ3) is 5.67. The molecule has 3 aromatic rings. The summed E-state index contributed by atoms with van der Waals surface area (Å²) in [6.45, 7) is -0.0955. The van der Waals surface area contributed by atoms with Crippen LogP contribution in [0.3, 0.4) is 0 Å². The van der Waals surface area contributed by atoms with Crippen molar-refractivity contribution in [3.8, 4) is 17.2 Å². The van der Waals surface area contributed by atoms with Crippen LogP contribution in [-0.4, -0.2) is 51.8 Å². The predicted molar refractivity (Wildman–Crippen MR) is 126 cm³/mol. The number of aryl methyl sites for hydroxylation is 1. The Balaban J connectivity index is 1.70. The van der Waals surface area contributed by atoms with E-state index in [1.165, 1.54) is 32.4 Å². The maximum Gasteiger partial charge on any atom is 0.240 e. The maximum absolute atomic E-state index is 12.8. The molecule has 11 heteroatoms. The molecule has 182 valence electrons. The number of para-hydroxylation sites is 1. The van der Waals surface area contributed by atoms with E-state index >= 15 is 0 Å². The molecule has 1 atom stereocenters. The van der Waals surface area contributed by atoms with Gasteiger partial charge in [0.05, 0.1) is 26.2 Å². The third-order valence-corrected chi connectivity index (χ3v) is 6.64. The van der Waals surface area contributed by atoms with Crippen molar-refractivity contribution < 1.29 is 27.4 Å². The summed E-state index contributed by atoms with van der Waals surface area (Å²) >= 11 is 0. The van der Waals surface area contributed by atoms with E-state index in [1.807, 2.05) is 25.2 Å². The molecule has 0 saturated heterocycles. The molecule has 1 amide bonds. The van der Waals surface area contributed by atoms with E-state index in [-0.39, 0.29) is 29.5 Å². The number of aromatic nitrogens is 2. The van der Waals surface area contributed by atoms with Gasteiger partial charge in [-0.3, -0.25) is 4.79 Å². The second kappa shape index (κ2) is 11.0. The summed E-state index contributed by atoms with van der Waals surface area (Å²) in [5, 5.41) is 2.94. The minimum absolute atomic E-state index is 0.00506. The number of methoxy groups -OCH3 is 3. The lowest BCUT2D eigenvalue weighted by Gasteiger charge is -2.21. The number of imidazole rings is 1. The van der Waals surface area contributed by atoms with Gasteiger partial charge in [0.2, 0.25) is 15.9 Å². The molecule has 2 aromatic carbocycles. The highest BCUT2D eigenvalue weighted by atomic mass is 32.2. The van der Waals surface area contributed by atoms with Crippen molar-refractivity contribution in [1.29, 1.82) is 0 Å². The zero-order chi connectivity index (χ0) is 24.7. The molecule has 0 bridgehead atoms. The Morgan fingerprint density at radius 3 is 2.38 bits per heavy atom. The highest BCUT2D eigenvalue weighted by Crippen LogP contribution is 2.30. The Hall–Kier alpha value is -3.57. The smallest absolute Gasteiger partial charge is 0.240 e. The summed E-state index contributed by atoms with van der Waals surface area (Å²) in [6.07, 6.45) is 3.34. The number of nitrogens with zero attached hydrogens (tertiary/aromatic N) is 2. The van der Waals surface area contributed by atoms with Gasteiger partial charge in [-0.15, -0.1) is 0 Å². The van der Waals surface area contributed by atoms with Crippen LogP contribution in [0.4, 0.5) is 0 Å². The van der Waals surface area contributed by atoms with E-state index in [0.717, 1.165) is 5.56 Å². The van der Waals surface area contributed by atoms with Gasteiger partial charge in [0.1, 0.15) is 17.6 Å². The van der Waals surface area contributed by atoms with Crippen LogP contribution in [0, 0.1) is 0 Å². The van der Waals surface area contributed by atoms with Gasteiger partial charge in [0.25, 0.3) is 0 Å². The molecular weight excluding hydrogens is 460 g/mol. The van der Waals surface area contributed by atoms with Crippen molar-refractivity contribution in [2.75, 3.05) is 27.9 Å². The van der Waals surface area contributed by atoms with Crippen LogP contribution >= 0.6 is 0 Å². The van der Waals surface area contributed by atoms with Crippen molar-refractivity contribution >= 4 is 15.9 Å². The Labute approximate surface area is 198 Å². The predicted octanol–water partition coefficient (Wildman–Crippen LogP) is 2.02.